The first-order valence-electron chi connectivity index (χ1n) is 7.51. The molecule has 4 nitrogen and oxygen atoms in total. The summed E-state index contributed by atoms with van der Waals surface area (Å²) in [4.78, 5) is 2.40. The Balaban J connectivity index is 1.86. The normalized spacial score (nSPS) is 38.3. The molecule has 2 fully saturated rings. The molecule has 112 valence electrons. The molecule has 0 aromatic rings. The molecule has 2 rings (SSSR count). The largest absolute Gasteiger partial charge is 0.311 e. The van der Waals surface area contributed by atoms with Gasteiger partial charge in [-0.2, -0.15) is 0 Å². The Bertz CT molecular complexity index is 396. The van der Waals surface area contributed by atoms with Gasteiger partial charge in [0.05, 0.1) is 5.25 Å². The van der Waals surface area contributed by atoms with E-state index >= 15 is 0 Å². The van der Waals surface area contributed by atoms with Crippen molar-refractivity contribution in [3.05, 3.63) is 0 Å². The highest BCUT2D eigenvalue weighted by atomic mass is 32.2. The Morgan fingerprint density at radius 3 is 2.42 bits per heavy atom. The topological polar surface area (TPSA) is 49.4 Å². The third kappa shape index (κ3) is 4.17. The van der Waals surface area contributed by atoms with Crippen LogP contribution < -0.4 is 5.32 Å². The number of piperidine rings is 1. The number of nitrogens with one attached hydrogen (secondary N) is 1. The molecule has 2 aliphatic rings. The standard InChI is InChI=1S/C14H28N2O2S/c1-11-9-13(7-8-16(11)2)15-12-5-4-6-14(10-12)19(3,17)18/h11-15H,4-10H2,1-3H3. The lowest BCUT2D eigenvalue weighted by atomic mass is 9.92. The number of likely N-dealkylation sites (tertiary alicyclic amines) is 1. The summed E-state index contributed by atoms with van der Waals surface area (Å²) in [6.07, 6.45) is 7.57. The van der Waals surface area contributed by atoms with Crippen LogP contribution in [-0.4, -0.2) is 56.5 Å². The fourth-order valence-electron chi connectivity index (χ4n) is 3.46. The van der Waals surface area contributed by atoms with Crippen LogP contribution in [-0.2, 0) is 9.84 Å². The van der Waals surface area contributed by atoms with Crippen molar-refractivity contribution in [3.8, 4) is 0 Å². The van der Waals surface area contributed by atoms with Crippen molar-refractivity contribution < 1.29 is 8.42 Å². The van der Waals surface area contributed by atoms with Crippen LogP contribution in [0.1, 0.15) is 45.4 Å². The van der Waals surface area contributed by atoms with Crippen LogP contribution in [0, 0.1) is 0 Å². The monoisotopic (exact) mass is 288 g/mol. The average molecular weight is 288 g/mol. The van der Waals surface area contributed by atoms with Gasteiger partial charge in [-0.25, -0.2) is 8.42 Å². The summed E-state index contributed by atoms with van der Waals surface area (Å²) < 4.78 is 23.4. The molecular weight excluding hydrogens is 260 g/mol. The van der Waals surface area contributed by atoms with Crippen LogP contribution in [0.15, 0.2) is 0 Å². The first-order chi connectivity index (χ1) is 8.86. The maximum atomic E-state index is 11.7. The number of sulfone groups is 1. The fourth-order valence-corrected chi connectivity index (χ4v) is 4.64. The van der Waals surface area contributed by atoms with E-state index in [2.05, 4.69) is 24.2 Å². The van der Waals surface area contributed by atoms with E-state index in [4.69, 9.17) is 0 Å². The van der Waals surface area contributed by atoms with Crippen LogP contribution in [0.5, 0.6) is 0 Å². The van der Waals surface area contributed by atoms with Crippen molar-refractivity contribution in [2.75, 3.05) is 19.8 Å². The average Bonchev–Trinajstić information content (AvgIpc) is 2.33. The minimum absolute atomic E-state index is 0.123. The van der Waals surface area contributed by atoms with Crippen LogP contribution in [0.25, 0.3) is 0 Å². The molecular formula is C14H28N2O2S. The Kier molecular flexibility index (Phi) is 4.90. The van der Waals surface area contributed by atoms with E-state index in [9.17, 15) is 8.42 Å². The second-order valence-electron chi connectivity index (χ2n) is 6.53. The molecule has 0 spiro atoms. The maximum absolute atomic E-state index is 11.7. The lowest BCUT2D eigenvalue weighted by Gasteiger charge is -2.39. The van der Waals surface area contributed by atoms with Crippen LogP contribution >= 0.6 is 0 Å². The van der Waals surface area contributed by atoms with E-state index < -0.39 is 9.84 Å². The van der Waals surface area contributed by atoms with Crippen LogP contribution in [0.4, 0.5) is 0 Å². The summed E-state index contributed by atoms with van der Waals surface area (Å²) in [5, 5.41) is 3.60. The number of hydrogen-bond donors (Lipinski definition) is 1. The predicted molar refractivity (Wildman–Crippen MR) is 79.1 cm³/mol. The van der Waals surface area contributed by atoms with Crippen LogP contribution in [0.3, 0.4) is 0 Å². The molecule has 0 bridgehead atoms. The first kappa shape index (κ1) is 15.3. The fraction of sp³-hybridized carbons (Fsp3) is 1.00. The van der Waals surface area contributed by atoms with Gasteiger partial charge >= 0.3 is 0 Å². The minimum atomic E-state index is -2.87. The molecule has 4 unspecified atom stereocenters. The minimum Gasteiger partial charge on any atom is -0.311 e. The number of nitrogens with zero attached hydrogens (tertiary/aromatic N) is 1. The smallest absolute Gasteiger partial charge is 0.150 e. The SMILES string of the molecule is CC1CC(NC2CCCC(S(C)(=O)=O)C2)CCN1C. The number of rotatable bonds is 3. The maximum Gasteiger partial charge on any atom is 0.150 e. The third-order valence-corrected chi connectivity index (χ3v) is 6.55. The van der Waals surface area contributed by atoms with Gasteiger partial charge in [-0.05, 0) is 52.6 Å². The van der Waals surface area contributed by atoms with E-state index in [1.165, 1.54) is 19.1 Å². The summed E-state index contributed by atoms with van der Waals surface area (Å²) in [6.45, 7) is 3.41. The summed E-state index contributed by atoms with van der Waals surface area (Å²) >= 11 is 0. The molecule has 0 amide bonds. The van der Waals surface area contributed by atoms with E-state index in [1.54, 1.807) is 0 Å². The highest BCUT2D eigenvalue weighted by Crippen LogP contribution is 2.25. The molecule has 19 heavy (non-hydrogen) atoms. The van der Waals surface area contributed by atoms with Gasteiger partial charge in [0.15, 0.2) is 0 Å². The van der Waals surface area contributed by atoms with Gasteiger partial charge in [0, 0.05) is 24.4 Å². The molecule has 4 atom stereocenters. The Morgan fingerprint density at radius 1 is 1.11 bits per heavy atom. The molecule has 1 N–H and O–H groups in total. The number of hydrogen-bond acceptors (Lipinski definition) is 4. The van der Waals surface area contributed by atoms with E-state index in [0.717, 1.165) is 32.2 Å². The second kappa shape index (κ2) is 6.10. The van der Waals surface area contributed by atoms with Crippen molar-refractivity contribution in [1.82, 2.24) is 10.2 Å². The van der Waals surface area contributed by atoms with Crippen molar-refractivity contribution >= 4 is 9.84 Å². The Labute approximate surface area is 117 Å². The summed E-state index contributed by atoms with van der Waals surface area (Å²) in [5.41, 5.74) is 0. The lowest BCUT2D eigenvalue weighted by Crippen LogP contribution is -2.50. The van der Waals surface area contributed by atoms with Gasteiger partial charge in [-0.1, -0.05) is 6.42 Å². The summed E-state index contributed by atoms with van der Waals surface area (Å²) in [5.74, 6) is 0. The molecule has 1 aliphatic carbocycles. The molecule has 0 radical (unpaired) electrons. The van der Waals surface area contributed by atoms with Gasteiger partial charge in [-0.3, -0.25) is 0 Å². The third-order valence-electron chi connectivity index (χ3n) is 4.91. The zero-order valence-electron chi connectivity index (χ0n) is 12.4. The molecule has 0 aromatic heterocycles. The van der Waals surface area contributed by atoms with Gasteiger partial charge in [-0.15, -0.1) is 0 Å². The van der Waals surface area contributed by atoms with Gasteiger partial charge in [0.1, 0.15) is 9.84 Å². The molecule has 1 saturated carbocycles. The van der Waals surface area contributed by atoms with E-state index in [0.29, 0.717) is 18.1 Å². The van der Waals surface area contributed by atoms with Crippen molar-refractivity contribution in [2.24, 2.45) is 0 Å². The Morgan fingerprint density at radius 2 is 1.79 bits per heavy atom. The van der Waals surface area contributed by atoms with Gasteiger partial charge < -0.3 is 10.2 Å². The van der Waals surface area contributed by atoms with Crippen molar-refractivity contribution in [3.63, 3.8) is 0 Å². The molecule has 1 heterocycles. The molecule has 1 saturated heterocycles. The summed E-state index contributed by atoms with van der Waals surface area (Å²) in [6, 6.07) is 1.59. The van der Waals surface area contributed by atoms with E-state index in [1.807, 2.05) is 0 Å². The summed E-state index contributed by atoms with van der Waals surface area (Å²) in [7, 11) is -0.686. The lowest BCUT2D eigenvalue weighted by molar-refractivity contribution is 0.157. The molecule has 5 heteroatoms. The first-order valence-corrected chi connectivity index (χ1v) is 9.47. The molecule has 0 aromatic carbocycles. The zero-order valence-corrected chi connectivity index (χ0v) is 13.2. The Hall–Kier alpha value is -0.130. The quantitative estimate of drug-likeness (QED) is 0.853. The van der Waals surface area contributed by atoms with Gasteiger partial charge in [0.25, 0.3) is 0 Å². The molecule has 1 aliphatic heterocycles. The highest BCUT2D eigenvalue weighted by Gasteiger charge is 2.31. The van der Waals surface area contributed by atoms with Crippen molar-refractivity contribution in [1.29, 1.82) is 0 Å². The van der Waals surface area contributed by atoms with Crippen molar-refractivity contribution in [2.45, 2.75) is 68.8 Å². The van der Waals surface area contributed by atoms with E-state index in [-0.39, 0.29) is 5.25 Å². The zero-order chi connectivity index (χ0) is 14.0. The predicted octanol–water partition coefficient (Wildman–Crippen LogP) is 1.41. The van der Waals surface area contributed by atoms with Crippen LogP contribution in [0.2, 0.25) is 0 Å². The highest BCUT2D eigenvalue weighted by molar-refractivity contribution is 7.91. The van der Waals surface area contributed by atoms with Gasteiger partial charge in [0.2, 0.25) is 0 Å². The second-order valence-corrected chi connectivity index (χ2v) is 8.86.